The van der Waals surface area contributed by atoms with E-state index in [2.05, 4.69) is 11.4 Å². The maximum atomic E-state index is 12.5. The summed E-state index contributed by atoms with van der Waals surface area (Å²) in [6, 6.07) is 9.74. The molecule has 132 valence electrons. The lowest BCUT2D eigenvalue weighted by Crippen LogP contribution is -2.40. The minimum atomic E-state index is -0.0487. The zero-order chi connectivity index (χ0) is 18.0. The summed E-state index contributed by atoms with van der Waals surface area (Å²) >= 11 is 0. The monoisotopic (exact) mass is 339 g/mol. The summed E-state index contributed by atoms with van der Waals surface area (Å²) in [5.41, 5.74) is 4.22. The van der Waals surface area contributed by atoms with Crippen molar-refractivity contribution in [1.29, 1.82) is 0 Å². The molecule has 0 aliphatic carbocycles. The molecular formula is C20H25N3O2. The Morgan fingerprint density at radius 1 is 1.08 bits per heavy atom. The molecule has 0 atom stereocenters. The number of amides is 2. The highest BCUT2D eigenvalue weighted by atomic mass is 16.2. The number of nitrogens with one attached hydrogen (secondary N) is 1. The molecule has 1 aromatic carbocycles. The van der Waals surface area contributed by atoms with E-state index in [4.69, 9.17) is 0 Å². The SMILES string of the molecule is Cc1cc(C)cc(NC(=O)N2CCC(c3ccn(C)c(=O)c3)CC2)c1. The summed E-state index contributed by atoms with van der Waals surface area (Å²) in [6.45, 7) is 5.46. The van der Waals surface area contributed by atoms with Crippen molar-refractivity contribution >= 4 is 11.7 Å². The van der Waals surface area contributed by atoms with Crippen LogP contribution in [0.4, 0.5) is 10.5 Å². The number of hydrogen-bond acceptors (Lipinski definition) is 2. The van der Waals surface area contributed by atoms with Gasteiger partial charge in [-0.25, -0.2) is 4.79 Å². The number of piperidine rings is 1. The topological polar surface area (TPSA) is 54.3 Å². The van der Waals surface area contributed by atoms with Gasteiger partial charge in [0.05, 0.1) is 0 Å². The normalized spacial score (nSPS) is 15.2. The summed E-state index contributed by atoms with van der Waals surface area (Å²) in [6.07, 6.45) is 3.58. The Morgan fingerprint density at radius 2 is 1.72 bits per heavy atom. The van der Waals surface area contributed by atoms with E-state index in [1.54, 1.807) is 17.7 Å². The lowest BCUT2D eigenvalue weighted by molar-refractivity contribution is 0.194. The van der Waals surface area contributed by atoms with Crippen molar-refractivity contribution in [3.63, 3.8) is 0 Å². The predicted molar refractivity (Wildman–Crippen MR) is 100 cm³/mol. The van der Waals surface area contributed by atoms with Crippen LogP contribution in [0.2, 0.25) is 0 Å². The number of likely N-dealkylation sites (tertiary alicyclic amines) is 1. The van der Waals surface area contributed by atoms with E-state index in [0.29, 0.717) is 19.0 Å². The molecule has 0 bridgehead atoms. The average Bonchev–Trinajstić information content (AvgIpc) is 2.56. The Hall–Kier alpha value is -2.56. The maximum Gasteiger partial charge on any atom is 0.321 e. The highest BCUT2D eigenvalue weighted by Gasteiger charge is 2.24. The van der Waals surface area contributed by atoms with E-state index in [9.17, 15) is 9.59 Å². The number of carbonyl (C=O) groups is 1. The number of aryl methyl sites for hydroxylation is 3. The van der Waals surface area contributed by atoms with Crippen molar-refractivity contribution in [2.45, 2.75) is 32.6 Å². The Morgan fingerprint density at radius 3 is 2.32 bits per heavy atom. The molecule has 3 rings (SSSR count). The lowest BCUT2D eigenvalue weighted by atomic mass is 9.90. The van der Waals surface area contributed by atoms with Crippen molar-refractivity contribution in [1.82, 2.24) is 9.47 Å². The van der Waals surface area contributed by atoms with Gasteiger partial charge < -0.3 is 14.8 Å². The molecule has 1 aliphatic heterocycles. The summed E-state index contributed by atoms with van der Waals surface area (Å²) in [4.78, 5) is 26.2. The first kappa shape index (κ1) is 17.3. The maximum absolute atomic E-state index is 12.5. The second-order valence-electron chi connectivity index (χ2n) is 6.98. The molecule has 1 aromatic heterocycles. The van der Waals surface area contributed by atoms with Crippen LogP contribution >= 0.6 is 0 Å². The second-order valence-corrected chi connectivity index (χ2v) is 6.98. The fourth-order valence-corrected chi connectivity index (χ4v) is 3.48. The first-order chi connectivity index (χ1) is 11.9. The van der Waals surface area contributed by atoms with Crippen molar-refractivity contribution in [3.8, 4) is 0 Å². The third kappa shape index (κ3) is 4.10. The van der Waals surface area contributed by atoms with Crippen LogP contribution in [-0.2, 0) is 7.05 Å². The van der Waals surface area contributed by atoms with Gasteiger partial charge in [-0.3, -0.25) is 4.79 Å². The number of nitrogens with zero attached hydrogens (tertiary/aromatic N) is 2. The van der Waals surface area contributed by atoms with Crippen molar-refractivity contribution in [2.24, 2.45) is 7.05 Å². The van der Waals surface area contributed by atoms with E-state index in [1.165, 1.54) is 0 Å². The highest BCUT2D eigenvalue weighted by Crippen LogP contribution is 2.27. The fraction of sp³-hybridized carbons (Fsp3) is 0.400. The summed E-state index contributed by atoms with van der Waals surface area (Å²) < 4.78 is 1.58. The molecular weight excluding hydrogens is 314 g/mol. The zero-order valence-corrected chi connectivity index (χ0v) is 15.1. The largest absolute Gasteiger partial charge is 0.324 e. The molecule has 2 heterocycles. The molecule has 1 saturated heterocycles. The molecule has 0 radical (unpaired) electrons. The number of anilines is 1. The minimum Gasteiger partial charge on any atom is -0.324 e. The standard InChI is InChI=1S/C20H25N3O2/c1-14-10-15(2)12-18(11-14)21-20(25)23-8-5-16(6-9-23)17-4-7-22(3)19(24)13-17/h4,7,10-13,16H,5-6,8-9H2,1-3H3,(H,21,25). The van der Waals surface area contributed by atoms with E-state index in [0.717, 1.165) is 35.2 Å². The average molecular weight is 339 g/mol. The van der Waals surface area contributed by atoms with E-state index in [1.807, 2.05) is 43.1 Å². The van der Waals surface area contributed by atoms with Crippen LogP contribution in [0.3, 0.4) is 0 Å². The number of benzene rings is 1. The van der Waals surface area contributed by atoms with Gasteiger partial charge >= 0.3 is 6.03 Å². The summed E-state index contributed by atoms with van der Waals surface area (Å²) in [5, 5.41) is 3.00. The fourth-order valence-electron chi connectivity index (χ4n) is 3.48. The van der Waals surface area contributed by atoms with Gasteiger partial charge in [-0.15, -0.1) is 0 Å². The summed E-state index contributed by atoms with van der Waals surface area (Å²) in [7, 11) is 1.76. The quantitative estimate of drug-likeness (QED) is 0.911. The van der Waals surface area contributed by atoms with Crippen LogP contribution in [0.5, 0.6) is 0 Å². The van der Waals surface area contributed by atoms with Crippen LogP contribution < -0.4 is 10.9 Å². The molecule has 0 unspecified atom stereocenters. The van der Waals surface area contributed by atoms with Crippen LogP contribution in [0.15, 0.2) is 41.3 Å². The van der Waals surface area contributed by atoms with Gasteiger partial charge in [0, 0.05) is 38.1 Å². The highest BCUT2D eigenvalue weighted by molar-refractivity contribution is 5.89. The molecule has 5 heteroatoms. The Kier molecular flexibility index (Phi) is 4.93. The number of urea groups is 1. The molecule has 0 spiro atoms. The van der Waals surface area contributed by atoms with Gasteiger partial charge in [-0.1, -0.05) is 6.07 Å². The molecule has 2 aromatic rings. The van der Waals surface area contributed by atoms with Gasteiger partial charge in [0.2, 0.25) is 0 Å². The number of aromatic nitrogens is 1. The Bertz CT molecular complexity index is 813. The molecule has 5 nitrogen and oxygen atoms in total. The first-order valence-corrected chi connectivity index (χ1v) is 8.73. The van der Waals surface area contributed by atoms with E-state index in [-0.39, 0.29) is 11.6 Å². The minimum absolute atomic E-state index is 0.0208. The first-order valence-electron chi connectivity index (χ1n) is 8.73. The van der Waals surface area contributed by atoms with E-state index < -0.39 is 0 Å². The van der Waals surface area contributed by atoms with Crippen LogP contribution in [0.1, 0.15) is 35.4 Å². The third-order valence-electron chi connectivity index (χ3n) is 4.85. The zero-order valence-electron chi connectivity index (χ0n) is 15.1. The van der Waals surface area contributed by atoms with Gasteiger partial charge in [-0.2, -0.15) is 0 Å². The van der Waals surface area contributed by atoms with Crippen molar-refractivity contribution in [2.75, 3.05) is 18.4 Å². The van der Waals surface area contributed by atoms with Gasteiger partial charge in [-0.05, 0) is 67.5 Å². The molecule has 1 fully saturated rings. The van der Waals surface area contributed by atoms with Gasteiger partial charge in [0.15, 0.2) is 0 Å². The molecule has 2 amide bonds. The lowest BCUT2D eigenvalue weighted by Gasteiger charge is -2.32. The molecule has 25 heavy (non-hydrogen) atoms. The molecule has 1 aliphatic rings. The molecule has 0 saturated carbocycles. The van der Waals surface area contributed by atoms with Gasteiger partial charge in [0.1, 0.15) is 0 Å². The predicted octanol–water partition coefficient (Wildman–Crippen LogP) is 3.41. The number of hydrogen-bond donors (Lipinski definition) is 1. The second kappa shape index (κ2) is 7.13. The van der Waals surface area contributed by atoms with Crippen LogP contribution in [0.25, 0.3) is 0 Å². The van der Waals surface area contributed by atoms with Crippen molar-refractivity contribution in [3.05, 3.63) is 63.6 Å². The number of rotatable bonds is 2. The smallest absolute Gasteiger partial charge is 0.321 e. The van der Waals surface area contributed by atoms with Crippen molar-refractivity contribution < 1.29 is 4.79 Å². The molecule has 1 N–H and O–H groups in total. The Labute approximate surface area is 148 Å². The summed E-state index contributed by atoms with van der Waals surface area (Å²) in [5.74, 6) is 0.346. The van der Waals surface area contributed by atoms with E-state index >= 15 is 0 Å². The van der Waals surface area contributed by atoms with Crippen LogP contribution in [-0.4, -0.2) is 28.6 Å². The van der Waals surface area contributed by atoms with Crippen LogP contribution in [0, 0.1) is 13.8 Å². The number of carbonyl (C=O) groups excluding carboxylic acids is 1. The Balaban J connectivity index is 1.60. The third-order valence-corrected chi connectivity index (χ3v) is 4.85. The van der Waals surface area contributed by atoms with Gasteiger partial charge in [0.25, 0.3) is 5.56 Å². The number of pyridine rings is 1.